The highest BCUT2D eigenvalue weighted by atomic mass is 16.5. The van der Waals surface area contributed by atoms with E-state index in [0.717, 1.165) is 42.7 Å². The molecular weight excluding hydrogens is 380 g/mol. The van der Waals surface area contributed by atoms with E-state index in [1.54, 1.807) is 38.5 Å². The molecule has 0 aliphatic heterocycles. The van der Waals surface area contributed by atoms with Crippen LogP contribution < -0.4 is 9.47 Å². The van der Waals surface area contributed by atoms with Gasteiger partial charge in [-0.15, -0.1) is 0 Å². The summed E-state index contributed by atoms with van der Waals surface area (Å²) in [4.78, 5) is 24.3. The number of hydrogen-bond donors (Lipinski definition) is 0. The van der Waals surface area contributed by atoms with E-state index in [2.05, 4.69) is 0 Å². The molecule has 0 aliphatic rings. The fourth-order valence-corrected chi connectivity index (χ4v) is 3.14. The topological polar surface area (TPSA) is 61.8 Å². The van der Waals surface area contributed by atoms with Crippen LogP contribution in [0.25, 0.3) is 6.08 Å². The molecule has 0 fully saturated rings. The molecule has 0 bridgehead atoms. The number of methoxy groups -OCH3 is 3. The highest BCUT2D eigenvalue weighted by molar-refractivity contribution is 5.96. The number of rotatable bonds is 12. The van der Waals surface area contributed by atoms with Crippen molar-refractivity contribution in [1.82, 2.24) is 0 Å². The average Bonchev–Trinajstić information content (AvgIpc) is 2.80. The molecule has 0 atom stereocenters. The molecule has 2 aromatic rings. The third kappa shape index (κ3) is 7.39. The second-order valence-electron chi connectivity index (χ2n) is 7.00. The smallest absolute Gasteiger partial charge is 0.333 e. The summed E-state index contributed by atoms with van der Waals surface area (Å²) >= 11 is 0. The van der Waals surface area contributed by atoms with Crippen molar-refractivity contribution in [1.29, 1.82) is 0 Å². The summed E-state index contributed by atoms with van der Waals surface area (Å²) in [7, 11) is 4.62. The van der Waals surface area contributed by atoms with Gasteiger partial charge in [0.05, 0.1) is 21.3 Å². The summed E-state index contributed by atoms with van der Waals surface area (Å²) in [5.41, 5.74) is 2.30. The first-order valence-corrected chi connectivity index (χ1v) is 10.2. The standard InChI is InChI=1S/C25H30O5/c1-28-22-14-10-19(11-15-22)18-21(25(27)30-3)8-6-4-5-7-9-24(26)20-12-16-23(29-2)17-13-20/h10-18H,4-9H2,1-3H3/b21-18+. The van der Waals surface area contributed by atoms with Gasteiger partial charge in [0.2, 0.25) is 0 Å². The molecule has 2 rings (SSSR count). The molecule has 0 N–H and O–H groups in total. The molecule has 0 spiro atoms. The van der Waals surface area contributed by atoms with Gasteiger partial charge < -0.3 is 14.2 Å². The number of carbonyl (C=O) groups is 2. The molecule has 0 radical (unpaired) electrons. The minimum Gasteiger partial charge on any atom is -0.497 e. The number of ketones is 1. The molecule has 0 saturated heterocycles. The number of hydrogen-bond acceptors (Lipinski definition) is 5. The first kappa shape index (κ1) is 23.2. The first-order chi connectivity index (χ1) is 14.6. The largest absolute Gasteiger partial charge is 0.497 e. The number of carbonyl (C=O) groups excluding carboxylic acids is 2. The van der Waals surface area contributed by atoms with E-state index in [-0.39, 0.29) is 11.8 Å². The summed E-state index contributed by atoms with van der Waals surface area (Å²) in [5.74, 6) is 1.36. The Morgan fingerprint density at radius 1 is 0.733 bits per heavy atom. The van der Waals surface area contributed by atoms with Gasteiger partial charge in [0.25, 0.3) is 0 Å². The molecule has 0 amide bonds. The van der Waals surface area contributed by atoms with Crippen molar-refractivity contribution in [2.75, 3.05) is 21.3 Å². The lowest BCUT2D eigenvalue weighted by Crippen LogP contribution is -2.05. The van der Waals surface area contributed by atoms with Crippen LogP contribution >= 0.6 is 0 Å². The maximum absolute atomic E-state index is 12.2. The number of esters is 1. The fourth-order valence-electron chi connectivity index (χ4n) is 3.14. The molecular formula is C25H30O5. The van der Waals surface area contributed by atoms with Crippen molar-refractivity contribution < 1.29 is 23.8 Å². The maximum Gasteiger partial charge on any atom is 0.333 e. The van der Waals surface area contributed by atoms with Crippen molar-refractivity contribution >= 4 is 17.8 Å². The van der Waals surface area contributed by atoms with E-state index < -0.39 is 0 Å². The van der Waals surface area contributed by atoms with Crippen LogP contribution in [0.2, 0.25) is 0 Å². The van der Waals surface area contributed by atoms with E-state index in [9.17, 15) is 9.59 Å². The van der Waals surface area contributed by atoms with Gasteiger partial charge in [-0.25, -0.2) is 4.79 Å². The molecule has 0 aromatic heterocycles. The Labute approximate surface area is 178 Å². The van der Waals surface area contributed by atoms with E-state index >= 15 is 0 Å². The summed E-state index contributed by atoms with van der Waals surface area (Å²) in [6, 6.07) is 14.7. The van der Waals surface area contributed by atoms with E-state index in [4.69, 9.17) is 14.2 Å². The number of benzene rings is 2. The molecule has 0 unspecified atom stereocenters. The zero-order chi connectivity index (χ0) is 21.8. The SMILES string of the molecule is COC(=O)/C(=C/c1ccc(OC)cc1)CCCCCCC(=O)c1ccc(OC)cc1. The Morgan fingerprint density at radius 2 is 1.27 bits per heavy atom. The predicted octanol–water partition coefficient (Wildman–Crippen LogP) is 5.48. The van der Waals surface area contributed by atoms with Crippen LogP contribution in [0.15, 0.2) is 54.1 Å². The van der Waals surface area contributed by atoms with E-state index in [1.165, 1.54) is 7.11 Å². The Morgan fingerprint density at radius 3 is 1.80 bits per heavy atom. The quantitative estimate of drug-likeness (QED) is 0.201. The van der Waals surface area contributed by atoms with Crippen LogP contribution in [0.4, 0.5) is 0 Å². The van der Waals surface area contributed by atoms with Gasteiger partial charge in [-0.05, 0) is 67.3 Å². The molecule has 0 saturated carbocycles. The first-order valence-electron chi connectivity index (χ1n) is 10.2. The van der Waals surface area contributed by atoms with Crippen molar-refractivity contribution in [3.05, 3.63) is 65.2 Å². The van der Waals surface area contributed by atoms with E-state index in [0.29, 0.717) is 24.0 Å². The third-order valence-electron chi connectivity index (χ3n) is 4.92. The highest BCUT2D eigenvalue weighted by Gasteiger charge is 2.10. The molecule has 2 aromatic carbocycles. The molecule has 30 heavy (non-hydrogen) atoms. The summed E-state index contributed by atoms with van der Waals surface area (Å²) in [5, 5.41) is 0. The molecule has 160 valence electrons. The highest BCUT2D eigenvalue weighted by Crippen LogP contribution is 2.19. The van der Waals surface area contributed by atoms with Gasteiger partial charge in [-0.2, -0.15) is 0 Å². The average molecular weight is 411 g/mol. The lowest BCUT2D eigenvalue weighted by atomic mass is 10.0. The van der Waals surface area contributed by atoms with Crippen molar-refractivity contribution in [3.63, 3.8) is 0 Å². The van der Waals surface area contributed by atoms with Crippen LogP contribution in [0.1, 0.15) is 54.4 Å². The minimum atomic E-state index is -0.305. The lowest BCUT2D eigenvalue weighted by Gasteiger charge is -2.07. The number of ether oxygens (including phenoxy) is 3. The summed E-state index contributed by atoms with van der Waals surface area (Å²) in [6.07, 6.45) is 6.63. The molecule has 0 heterocycles. The van der Waals surface area contributed by atoms with Crippen LogP contribution in [0.5, 0.6) is 11.5 Å². The van der Waals surface area contributed by atoms with Crippen LogP contribution in [-0.2, 0) is 9.53 Å². The second-order valence-corrected chi connectivity index (χ2v) is 7.00. The Balaban J connectivity index is 1.77. The Bertz CT molecular complexity index is 835. The van der Waals surface area contributed by atoms with Gasteiger partial charge >= 0.3 is 5.97 Å². The maximum atomic E-state index is 12.2. The van der Waals surface area contributed by atoms with Gasteiger partial charge in [0.15, 0.2) is 5.78 Å². The summed E-state index contributed by atoms with van der Waals surface area (Å²) < 4.78 is 15.2. The normalized spacial score (nSPS) is 11.1. The Kier molecular flexibility index (Phi) is 9.65. The monoisotopic (exact) mass is 410 g/mol. The summed E-state index contributed by atoms with van der Waals surface area (Å²) in [6.45, 7) is 0. The molecule has 0 aliphatic carbocycles. The van der Waals surface area contributed by atoms with Crippen LogP contribution in [0.3, 0.4) is 0 Å². The van der Waals surface area contributed by atoms with E-state index in [1.807, 2.05) is 30.3 Å². The van der Waals surface area contributed by atoms with Gasteiger partial charge in [-0.3, -0.25) is 4.79 Å². The van der Waals surface area contributed by atoms with Gasteiger partial charge in [0.1, 0.15) is 11.5 Å². The van der Waals surface area contributed by atoms with Crippen LogP contribution in [0, 0.1) is 0 Å². The Hall–Kier alpha value is -3.08. The lowest BCUT2D eigenvalue weighted by molar-refractivity contribution is -0.136. The zero-order valence-corrected chi connectivity index (χ0v) is 18.0. The van der Waals surface area contributed by atoms with Gasteiger partial charge in [0, 0.05) is 17.6 Å². The molecule has 5 heteroatoms. The zero-order valence-electron chi connectivity index (χ0n) is 18.0. The number of unbranched alkanes of at least 4 members (excludes halogenated alkanes) is 3. The van der Waals surface area contributed by atoms with Crippen molar-refractivity contribution in [2.24, 2.45) is 0 Å². The minimum absolute atomic E-state index is 0.146. The fraction of sp³-hybridized carbons (Fsp3) is 0.360. The predicted molar refractivity (Wildman–Crippen MR) is 118 cm³/mol. The van der Waals surface area contributed by atoms with Gasteiger partial charge in [-0.1, -0.05) is 25.0 Å². The number of Topliss-reactive ketones (excluding diaryl/α,β-unsaturated/α-hetero) is 1. The van der Waals surface area contributed by atoms with Crippen LogP contribution in [-0.4, -0.2) is 33.1 Å². The molecule has 5 nitrogen and oxygen atoms in total. The van der Waals surface area contributed by atoms with Crippen molar-refractivity contribution in [3.8, 4) is 11.5 Å². The second kappa shape index (κ2) is 12.5. The third-order valence-corrected chi connectivity index (χ3v) is 4.92. The van der Waals surface area contributed by atoms with Crippen molar-refractivity contribution in [2.45, 2.75) is 38.5 Å².